The molecule has 0 atom stereocenters. The van der Waals surface area contributed by atoms with Gasteiger partial charge in [-0.15, -0.1) is 0 Å². The number of benzene rings is 1. The molecule has 2 rings (SSSR count). The van der Waals surface area contributed by atoms with Crippen molar-refractivity contribution >= 4 is 11.7 Å². The minimum atomic E-state index is 0.106. The Morgan fingerprint density at radius 1 is 1.29 bits per heavy atom. The number of anilines is 1. The van der Waals surface area contributed by atoms with Gasteiger partial charge in [0.2, 0.25) is 0 Å². The standard InChI is InChI=1S/C16H25N3O2/c1-4-21-15-7-5-13(6-8-15)17-14-9-11-19(12-10-14)16(20)18(2)3/h5-8,14,17H,4,9-12H2,1-3H3. The average molecular weight is 291 g/mol. The summed E-state index contributed by atoms with van der Waals surface area (Å²) in [6.07, 6.45) is 1.96. The molecule has 1 heterocycles. The number of ether oxygens (including phenoxy) is 1. The molecule has 0 radical (unpaired) electrons. The van der Waals surface area contributed by atoms with E-state index in [0.29, 0.717) is 12.6 Å². The van der Waals surface area contributed by atoms with Crippen LogP contribution in [0.1, 0.15) is 19.8 Å². The maximum Gasteiger partial charge on any atom is 0.319 e. The third-order valence-electron chi connectivity index (χ3n) is 3.68. The molecule has 1 aromatic carbocycles. The van der Waals surface area contributed by atoms with E-state index in [1.807, 2.05) is 36.1 Å². The van der Waals surface area contributed by atoms with E-state index in [1.54, 1.807) is 19.0 Å². The van der Waals surface area contributed by atoms with Crippen LogP contribution < -0.4 is 10.1 Å². The van der Waals surface area contributed by atoms with Crippen LogP contribution in [-0.4, -0.2) is 55.7 Å². The zero-order valence-electron chi connectivity index (χ0n) is 13.1. The molecule has 1 aliphatic heterocycles. The van der Waals surface area contributed by atoms with Crippen molar-refractivity contribution in [2.24, 2.45) is 0 Å². The minimum absolute atomic E-state index is 0.106. The van der Waals surface area contributed by atoms with E-state index < -0.39 is 0 Å². The summed E-state index contributed by atoms with van der Waals surface area (Å²) >= 11 is 0. The second-order valence-corrected chi connectivity index (χ2v) is 5.54. The number of nitrogens with zero attached hydrogens (tertiary/aromatic N) is 2. The first-order chi connectivity index (χ1) is 10.1. The van der Waals surface area contributed by atoms with Crippen LogP contribution in [0.4, 0.5) is 10.5 Å². The third kappa shape index (κ3) is 4.28. The highest BCUT2D eigenvalue weighted by atomic mass is 16.5. The fourth-order valence-electron chi connectivity index (χ4n) is 2.55. The predicted octanol–water partition coefficient (Wildman–Crippen LogP) is 2.64. The lowest BCUT2D eigenvalue weighted by molar-refractivity contribution is 0.158. The van der Waals surface area contributed by atoms with Gasteiger partial charge in [-0.25, -0.2) is 4.79 Å². The van der Waals surface area contributed by atoms with Crippen molar-refractivity contribution in [1.29, 1.82) is 0 Å². The highest BCUT2D eigenvalue weighted by Gasteiger charge is 2.23. The molecule has 0 saturated carbocycles. The molecule has 1 N–H and O–H groups in total. The second-order valence-electron chi connectivity index (χ2n) is 5.54. The second kappa shape index (κ2) is 7.20. The molecule has 0 aromatic heterocycles. The number of hydrogen-bond acceptors (Lipinski definition) is 3. The fourth-order valence-corrected chi connectivity index (χ4v) is 2.55. The molecule has 0 unspecified atom stereocenters. The summed E-state index contributed by atoms with van der Waals surface area (Å²) in [5.41, 5.74) is 1.11. The molecule has 0 bridgehead atoms. The Kier molecular flexibility index (Phi) is 5.31. The van der Waals surface area contributed by atoms with Crippen molar-refractivity contribution in [3.05, 3.63) is 24.3 Å². The molecule has 5 heteroatoms. The Hall–Kier alpha value is -1.91. The van der Waals surface area contributed by atoms with Crippen LogP contribution >= 0.6 is 0 Å². The molecule has 1 aliphatic rings. The molecule has 1 saturated heterocycles. The molecule has 21 heavy (non-hydrogen) atoms. The first-order valence-corrected chi connectivity index (χ1v) is 7.55. The third-order valence-corrected chi connectivity index (χ3v) is 3.68. The summed E-state index contributed by atoms with van der Waals surface area (Å²) in [5.74, 6) is 0.898. The van der Waals surface area contributed by atoms with Crippen molar-refractivity contribution in [2.45, 2.75) is 25.8 Å². The maximum absolute atomic E-state index is 11.9. The first kappa shape index (κ1) is 15.5. The lowest BCUT2D eigenvalue weighted by atomic mass is 10.0. The summed E-state index contributed by atoms with van der Waals surface area (Å²) in [5, 5.41) is 3.53. The van der Waals surface area contributed by atoms with Crippen LogP contribution in [0, 0.1) is 0 Å². The SMILES string of the molecule is CCOc1ccc(NC2CCN(C(=O)N(C)C)CC2)cc1. The summed E-state index contributed by atoms with van der Waals surface area (Å²) in [7, 11) is 3.60. The van der Waals surface area contributed by atoms with Crippen LogP contribution in [-0.2, 0) is 0 Å². The van der Waals surface area contributed by atoms with Gasteiger partial charge in [0, 0.05) is 38.9 Å². The summed E-state index contributed by atoms with van der Waals surface area (Å²) in [4.78, 5) is 15.4. The molecular formula is C16H25N3O2. The van der Waals surface area contributed by atoms with Gasteiger partial charge in [-0.1, -0.05) is 0 Å². The molecule has 5 nitrogen and oxygen atoms in total. The highest BCUT2D eigenvalue weighted by Crippen LogP contribution is 2.20. The number of piperidine rings is 1. The average Bonchev–Trinajstić information content (AvgIpc) is 2.49. The van der Waals surface area contributed by atoms with Crippen molar-refractivity contribution in [1.82, 2.24) is 9.80 Å². The van der Waals surface area contributed by atoms with Gasteiger partial charge in [-0.05, 0) is 44.0 Å². The quantitative estimate of drug-likeness (QED) is 0.927. The molecular weight excluding hydrogens is 266 g/mol. The van der Waals surface area contributed by atoms with Crippen molar-refractivity contribution in [2.75, 3.05) is 39.1 Å². The van der Waals surface area contributed by atoms with Crippen LogP contribution in [0.3, 0.4) is 0 Å². The molecule has 0 aliphatic carbocycles. The normalized spacial score (nSPS) is 15.7. The Morgan fingerprint density at radius 2 is 1.90 bits per heavy atom. The number of rotatable bonds is 4. The minimum Gasteiger partial charge on any atom is -0.494 e. The Bertz CT molecular complexity index is 451. The lowest BCUT2D eigenvalue weighted by Gasteiger charge is -2.34. The molecule has 116 valence electrons. The van der Waals surface area contributed by atoms with Gasteiger partial charge in [0.05, 0.1) is 6.61 Å². The van der Waals surface area contributed by atoms with Gasteiger partial charge in [0.15, 0.2) is 0 Å². The zero-order chi connectivity index (χ0) is 15.2. The topological polar surface area (TPSA) is 44.8 Å². The van der Waals surface area contributed by atoms with Gasteiger partial charge >= 0.3 is 6.03 Å². The maximum atomic E-state index is 11.9. The number of amides is 2. The zero-order valence-corrected chi connectivity index (χ0v) is 13.1. The number of carbonyl (C=O) groups is 1. The smallest absolute Gasteiger partial charge is 0.319 e. The van der Waals surface area contributed by atoms with E-state index in [-0.39, 0.29) is 6.03 Å². The largest absolute Gasteiger partial charge is 0.494 e. The number of carbonyl (C=O) groups excluding carboxylic acids is 1. The van der Waals surface area contributed by atoms with Crippen molar-refractivity contribution in [3.63, 3.8) is 0 Å². The first-order valence-electron chi connectivity index (χ1n) is 7.55. The monoisotopic (exact) mass is 291 g/mol. The van der Waals surface area contributed by atoms with E-state index in [4.69, 9.17) is 4.74 Å². The number of likely N-dealkylation sites (tertiary alicyclic amines) is 1. The van der Waals surface area contributed by atoms with Crippen LogP contribution in [0.25, 0.3) is 0 Å². The summed E-state index contributed by atoms with van der Waals surface area (Å²) in [6.45, 7) is 4.29. The van der Waals surface area contributed by atoms with Gasteiger partial charge < -0.3 is 19.9 Å². The number of hydrogen-bond donors (Lipinski definition) is 1. The van der Waals surface area contributed by atoms with Crippen molar-refractivity contribution in [3.8, 4) is 5.75 Å². The molecule has 2 amide bonds. The Labute approximate surface area is 126 Å². The van der Waals surface area contributed by atoms with E-state index in [2.05, 4.69) is 5.32 Å². The van der Waals surface area contributed by atoms with Gasteiger partial charge in [-0.2, -0.15) is 0 Å². The highest BCUT2D eigenvalue weighted by molar-refractivity contribution is 5.73. The van der Waals surface area contributed by atoms with E-state index >= 15 is 0 Å². The molecule has 1 aromatic rings. The fraction of sp³-hybridized carbons (Fsp3) is 0.562. The molecule has 0 spiro atoms. The van der Waals surface area contributed by atoms with Crippen molar-refractivity contribution < 1.29 is 9.53 Å². The van der Waals surface area contributed by atoms with Crippen LogP contribution in [0.2, 0.25) is 0 Å². The van der Waals surface area contributed by atoms with Gasteiger partial charge in [0.25, 0.3) is 0 Å². The number of urea groups is 1. The van der Waals surface area contributed by atoms with E-state index in [9.17, 15) is 4.79 Å². The Balaban J connectivity index is 1.81. The van der Waals surface area contributed by atoms with Gasteiger partial charge in [0.1, 0.15) is 5.75 Å². The van der Waals surface area contributed by atoms with Gasteiger partial charge in [-0.3, -0.25) is 0 Å². The Morgan fingerprint density at radius 3 is 2.43 bits per heavy atom. The molecule has 1 fully saturated rings. The van der Waals surface area contributed by atoms with Crippen LogP contribution in [0.5, 0.6) is 5.75 Å². The predicted molar refractivity (Wildman–Crippen MR) is 84.9 cm³/mol. The van der Waals surface area contributed by atoms with E-state index in [0.717, 1.165) is 37.4 Å². The number of nitrogens with one attached hydrogen (secondary N) is 1. The summed E-state index contributed by atoms with van der Waals surface area (Å²) < 4.78 is 5.44. The lowest BCUT2D eigenvalue weighted by Crippen LogP contribution is -2.46. The summed E-state index contributed by atoms with van der Waals surface area (Å²) in [6, 6.07) is 8.58. The van der Waals surface area contributed by atoms with E-state index in [1.165, 1.54) is 0 Å². The van der Waals surface area contributed by atoms with Crippen LogP contribution in [0.15, 0.2) is 24.3 Å².